The van der Waals surface area contributed by atoms with Gasteiger partial charge < -0.3 is 10.4 Å². The molecule has 1 aliphatic carbocycles. The van der Waals surface area contributed by atoms with E-state index in [0.29, 0.717) is 12.8 Å². The third-order valence-corrected chi connectivity index (χ3v) is 3.86. The van der Waals surface area contributed by atoms with Gasteiger partial charge in [0.05, 0.1) is 5.92 Å². The predicted octanol–water partition coefficient (Wildman–Crippen LogP) is 3.75. The van der Waals surface area contributed by atoms with Crippen molar-refractivity contribution in [1.29, 1.82) is 0 Å². The number of rotatable bonds is 4. The van der Waals surface area contributed by atoms with E-state index in [9.17, 15) is 13.2 Å². The molecule has 2 unspecified atom stereocenters. The molecule has 0 heterocycles. The molecule has 0 radical (unpaired) electrons. The maximum absolute atomic E-state index is 12.7. The van der Waals surface area contributed by atoms with Gasteiger partial charge in [-0.15, -0.1) is 0 Å². The van der Waals surface area contributed by atoms with Gasteiger partial charge in [-0.2, -0.15) is 13.2 Å². The van der Waals surface area contributed by atoms with Crippen molar-refractivity contribution in [3.05, 3.63) is 29.8 Å². The highest BCUT2D eigenvalue weighted by Gasteiger charge is 2.42. The summed E-state index contributed by atoms with van der Waals surface area (Å²) in [6, 6.07) is 7.40. The lowest BCUT2D eigenvalue weighted by atomic mass is 9.85. The first kappa shape index (κ1) is 15.2. The van der Waals surface area contributed by atoms with E-state index < -0.39 is 12.1 Å². The van der Waals surface area contributed by atoms with Crippen LogP contribution in [0.4, 0.5) is 18.9 Å². The van der Waals surface area contributed by atoms with Crippen molar-refractivity contribution >= 4 is 5.69 Å². The molecule has 0 aromatic heterocycles. The molecule has 0 amide bonds. The van der Waals surface area contributed by atoms with Gasteiger partial charge in [-0.25, -0.2) is 0 Å². The Morgan fingerprint density at radius 1 is 1.15 bits per heavy atom. The largest absolute Gasteiger partial charge is 0.396 e. The van der Waals surface area contributed by atoms with Crippen molar-refractivity contribution in [1.82, 2.24) is 0 Å². The molecule has 2 N–H and O–H groups in total. The minimum Gasteiger partial charge on any atom is -0.396 e. The molecule has 2 atom stereocenters. The van der Waals surface area contributed by atoms with Crippen LogP contribution in [0.25, 0.3) is 0 Å². The molecule has 0 bridgehead atoms. The van der Waals surface area contributed by atoms with Crippen LogP contribution >= 0.6 is 0 Å². The van der Waals surface area contributed by atoms with E-state index in [0.717, 1.165) is 17.7 Å². The highest BCUT2D eigenvalue weighted by atomic mass is 19.4. The van der Waals surface area contributed by atoms with Crippen LogP contribution in [0, 0.1) is 5.92 Å². The van der Waals surface area contributed by atoms with E-state index in [1.165, 1.54) is 0 Å². The molecule has 2 nitrogen and oxygen atoms in total. The molecule has 1 saturated carbocycles. The van der Waals surface area contributed by atoms with E-state index in [4.69, 9.17) is 5.11 Å². The van der Waals surface area contributed by atoms with Gasteiger partial charge in [0, 0.05) is 18.3 Å². The Bertz CT molecular complexity index is 416. The number of benzene rings is 1. The van der Waals surface area contributed by atoms with E-state index in [-0.39, 0.29) is 25.5 Å². The molecule has 1 aromatic rings. The zero-order chi connectivity index (χ0) is 14.6. The maximum atomic E-state index is 12.7. The summed E-state index contributed by atoms with van der Waals surface area (Å²) in [5.41, 5.74) is 1.87. The smallest absolute Gasteiger partial charge is 0.391 e. The summed E-state index contributed by atoms with van der Waals surface area (Å²) in [7, 11) is 0. The Morgan fingerprint density at radius 2 is 1.85 bits per heavy atom. The second-order valence-electron chi connectivity index (χ2n) is 5.42. The Kier molecular flexibility index (Phi) is 4.91. The second-order valence-corrected chi connectivity index (χ2v) is 5.42. The fourth-order valence-corrected chi connectivity index (χ4v) is 2.75. The first-order valence-corrected chi connectivity index (χ1v) is 7.02. The summed E-state index contributed by atoms with van der Waals surface area (Å²) < 4.78 is 38.2. The normalized spacial score (nSPS) is 23.6. The summed E-state index contributed by atoms with van der Waals surface area (Å²) in [6.45, 7) is 0.0999. The molecule has 1 fully saturated rings. The van der Waals surface area contributed by atoms with Gasteiger partial charge >= 0.3 is 6.18 Å². The third-order valence-electron chi connectivity index (χ3n) is 3.86. The van der Waals surface area contributed by atoms with E-state index >= 15 is 0 Å². The van der Waals surface area contributed by atoms with Crippen molar-refractivity contribution in [2.75, 3.05) is 11.9 Å². The number of aliphatic hydroxyl groups is 1. The van der Waals surface area contributed by atoms with Gasteiger partial charge in [0.25, 0.3) is 0 Å². The molecule has 112 valence electrons. The van der Waals surface area contributed by atoms with Crippen LogP contribution in [-0.4, -0.2) is 23.9 Å². The average Bonchev–Trinajstić information content (AvgIpc) is 2.41. The summed E-state index contributed by atoms with van der Waals surface area (Å²) >= 11 is 0. The number of hydrogen-bond donors (Lipinski definition) is 2. The van der Waals surface area contributed by atoms with Crippen molar-refractivity contribution in [2.45, 2.75) is 44.3 Å². The molecule has 0 saturated heterocycles. The standard InChI is InChI=1S/C15H20F3NO/c16-15(17,18)12-2-1-3-14(10-12)19-13-6-4-11(5-7-13)8-9-20/h4-7,12,14,19-20H,1-3,8-10H2. The number of nitrogens with one attached hydrogen (secondary N) is 1. The van der Waals surface area contributed by atoms with E-state index in [1.54, 1.807) is 0 Å². The van der Waals surface area contributed by atoms with Crippen LogP contribution in [-0.2, 0) is 6.42 Å². The lowest BCUT2D eigenvalue weighted by molar-refractivity contribution is -0.182. The maximum Gasteiger partial charge on any atom is 0.391 e. The fourth-order valence-electron chi connectivity index (χ4n) is 2.75. The Morgan fingerprint density at radius 3 is 2.45 bits per heavy atom. The zero-order valence-corrected chi connectivity index (χ0v) is 11.3. The van der Waals surface area contributed by atoms with Gasteiger partial charge in [-0.3, -0.25) is 0 Å². The summed E-state index contributed by atoms with van der Waals surface area (Å²) in [5, 5.41) is 12.0. The lowest BCUT2D eigenvalue weighted by Gasteiger charge is -2.31. The van der Waals surface area contributed by atoms with Crippen LogP contribution in [0.3, 0.4) is 0 Å². The topological polar surface area (TPSA) is 32.3 Å². The van der Waals surface area contributed by atoms with Crippen molar-refractivity contribution in [3.63, 3.8) is 0 Å². The average molecular weight is 287 g/mol. The predicted molar refractivity (Wildman–Crippen MR) is 72.7 cm³/mol. The first-order chi connectivity index (χ1) is 9.49. The Hall–Kier alpha value is -1.23. The minimum atomic E-state index is -4.08. The molecule has 0 aliphatic heterocycles. The molecule has 1 aliphatic rings. The molecule has 5 heteroatoms. The minimum absolute atomic E-state index is 0.0999. The fraction of sp³-hybridized carbons (Fsp3) is 0.600. The monoisotopic (exact) mass is 287 g/mol. The SMILES string of the molecule is OCCc1ccc(NC2CCCC(C(F)(F)F)C2)cc1. The molecule has 2 rings (SSSR count). The van der Waals surface area contributed by atoms with Gasteiger partial charge in [-0.1, -0.05) is 18.6 Å². The number of aliphatic hydroxyl groups excluding tert-OH is 1. The molecular weight excluding hydrogens is 267 g/mol. The Labute approximate surface area is 117 Å². The first-order valence-electron chi connectivity index (χ1n) is 7.02. The van der Waals surface area contributed by atoms with Gasteiger partial charge in [-0.05, 0) is 43.4 Å². The van der Waals surface area contributed by atoms with Crippen LogP contribution in [0.1, 0.15) is 31.2 Å². The molecule has 1 aromatic carbocycles. The summed E-state index contributed by atoms with van der Waals surface area (Å²) in [6.07, 6.45) is -1.68. The van der Waals surface area contributed by atoms with Crippen molar-refractivity contribution < 1.29 is 18.3 Å². The molecule has 20 heavy (non-hydrogen) atoms. The van der Waals surface area contributed by atoms with Crippen LogP contribution in [0.2, 0.25) is 0 Å². The molecular formula is C15H20F3NO. The van der Waals surface area contributed by atoms with Crippen molar-refractivity contribution in [3.8, 4) is 0 Å². The van der Waals surface area contributed by atoms with Gasteiger partial charge in [0.1, 0.15) is 0 Å². The van der Waals surface area contributed by atoms with Gasteiger partial charge in [0.2, 0.25) is 0 Å². The summed E-state index contributed by atoms with van der Waals surface area (Å²) in [4.78, 5) is 0. The van der Waals surface area contributed by atoms with Gasteiger partial charge in [0.15, 0.2) is 0 Å². The highest BCUT2D eigenvalue weighted by Crippen LogP contribution is 2.38. The van der Waals surface area contributed by atoms with Crippen molar-refractivity contribution in [2.24, 2.45) is 5.92 Å². The quantitative estimate of drug-likeness (QED) is 0.884. The lowest BCUT2D eigenvalue weighted by Crippen LogP contribution is -2.34. The number of anilines is 1. The Balaban J connectivity index is 1.92. The number of alkyl halides is 3. The molecule has 0 spiro atoms. The number of hydrogen-bond acceptors (Lipinski definition) is 2. The third kappa shape index (κ3) is 4.13. The number of halogens is 3. The van der Waals surface area contributed by atoms with Crippen LogP contribution < -0.4 is 5.32 Å². The van der Waals surface area contributed by atoms with E-state index in [2.05, 4.69) is 5.32 Å². The highest BCUT2D eigenvalue weighted by molar-refractivity contribution is 5.45. The second kappa shape index (κ2) is 6.48. The zero-order valence-electron chi connectivity index (χ0n) is 11.3. The summed E-state index contributed by atoms with van der Waals surface area (Å²) in [5.74, 6) is -1.18. The van der Waals surface area contributed by atoms with Crippen LogP contribution in [0.5, 0.6) is 0 Å². The van der Waals surface area contributed by atoms with Crippen LogP contribution in [0.15, 0.2) is 24.3 Å². The van der Waals surface area contributed by atoms with E-state index in [1.807, 2.05) is 24.3 Å².